The van der Waals surface area contributed by atoms with E-state index in [1.54, 1.807) is 0 Å². The fraction of sp³-hybridized carbons (Fsp3) is 0.500. The third-order valence-electron chi connectivity index (χ3n) is 4.32. The van der Waals surface area contributed by atoms with Gasteiger partial charge in [0, 0.05) is 11.5 Å². The molecule has 0 unspecified atom stereocenters. The first-order valence-corrected chi connectivity index (χ1v) is 8.55. The summed E-state index contributed by atoms with van der Waals surface area (Å²) in [4.78, 5) is 16.8. The lowest BCUT2D eigenvalue weighted by atomic mass is 9.75. The van der Waals surface area contributed by atoms with E-state index >= 15 is 0 Å². The number of anilines is 1. The van der Waals surface area contributed by atoms with Crippen LogP contribution in [0.1, 0.15) is 39.0 Å². The van der Waals surface area contributed by atoms with Gasteiger partial charge in [-0.05, 0) is 25.0 Å². The number of nitrogens with zero attached hydrogens (tertiary/aromatic N) is 1. The normalized spacial score (nSPS) is 17.7. The molecule has 0 bridgehead atoms. The summed E-state index contributed by atoms with van der Waals surface area (Å²) in [5, 5.41) is 3.21. The van der Waals surface area contributed by atoms with Gasteiger partial charge in [0.1, 0.15) is 5.75 Å². The molecule has 0 spiro atoms. The van der Waals surface area contributed by atoms with Crippen LogP contribution in [-0.4, -0.2) is 17.3 Å². The SMILES string of the molecule is CC1(C(=O)Nc2nc3ccc(OC(F)(F)F)cc3s2)CCCCC1. The van der Waals surface area contributed by atoms with Gasteiger partial charge in [-0.3, -0.25) is 4.79 Å². The number of carbonyl (C=O) groups excluding carboxylic acids is 1. The van der Waals surface area contributed by atoms with Gasteiger partial charge in [0.15, 0.2) is 5.13 Å². The number of rotatable bonds is 3. The van der Waals surface area contributed by atoms with E-state index in [0.29, 0.717) is 15.3 Å². The van der Waals surface area contributed by atoms with Gasteiger partial charge in [-0.2, -0.15) is 0 Å². The summed E-state index contributed by atoms with van der Waals surface area (Å²) in [6, 6.07) is 3.94. The maximum absolute atomic E-state index is 12.5. The van der Waals surface area contributed by atoms with Gasteiger partial charge in [0.25, 0.3) is 0 Å². The van der Waals surface area contributed by atoms with Crippen LogP contribution in [0.15, 0.2) is 18.2 Å². The standard InChI is InChI=1S/C16H17F3N2O2S/c1-15(7-3-2-4-8-15)13(22)21-14-20-11-6-5-10(9-12(11)24-14)23-16(17,18)19/h5-6,9H,2-4,7-8H2,1H3,(H,20,21,22). The van der Waals surface area contributed by atoms with Crippen LogP contribution in [0.2, 0.25) is 0 Å². The van der Waals surface area contributed by atoms with E-state index in [0.717, 1.165) is 43.4 Å². The van der Waals surface area contributed by atoms with E-state index in [1.807, 2.05) is 6.92 Å². The number of halogens is 3. The summed E-state index contributed by atoms with van der Waals surface area (Å²) in [6.07, 6.45) is 0.154. The van der Waals surface area contributed by atoms with Gasteiger partial charge in [-0.1, -0.05) is 37.5 Å². The molecule has 1 aliphatic carbocycles. The fourth-order valence-corrected chi connectivity index (χ4v) is 3.85. The lowest BCUT2D eigenvalue weighted by Crippen LogP contribution is -2.35. The predicted octanol–water partition coefficient (Wildman–Crippen LogP) is 5.10. The summed E-state index contributed by atoms with van der Waals surface area (Å²) in [7, 11) is 0. The van der Waals surface area contributed by atoms with Crippen molar-refractivity contribution in [2.24, 2.45) is 5.41 Å². The molecule has 0 saturated heterocycles. The van der Waals surface area contributed by atoms with Gasteiger partial charge >= 0.3 is 6.36 Å². The second kappa shape index (κ2) is 6.23. The molecule has 4 nitrogen and oxygen atoms in total. The van der Waals surface area contributed by atoms with Crippen LogP contribution in [-0.2, 0) is 4.79 Å². The van der Waals surface area contributed by atoms with Gasteiger partial charge < -0.3 is 10.1 Å². The average molecular weight is 358 g/mol. The molecule has 1 aromatic carbocycles. The first-order chi connectivity index (χ1) is 11.3. The van der Waals surface area contributed by atoms with Crippen LogP contribution < -0.4 is 10.1 Å². The Balaban J connectivity index is 1.77. The number of benzene rings is 1. The molecule has 0 radical (unpaired) electrons. The van der Waals surface area contributed by atoms with E-state index in [2.05, 4.69) is 15.0 Å². The summed E-state index contributed by atoms with van der Waals surface area (Å²) in [5.74, 6) is -0.371. The van der Waals surface area contributed by atoms with Crippen molar-refractivity contribution < 1.29 is 22.7 Å². The van der Waals surface area contributed by atoms with Crippen molar-refractivity contribution in [1.29, 1.82) is 0 Å². The zero-order valence-electron chi connectivity index (χ0n) is 13.1. The summed E-state index contributed by atoms with van der Waals surface area (Å²) < 4.78 is 41.3. The Hall–Kier alpha value is -1.83. The Morgan fingerprint density at radius 2 is 2.00 bits per heavy atom. The van der Waals surface area contributed by atoms with Gasteiger partial charge in [-0.15, -0.1) is 13.2 Å². The molecule has 3 rings (SSSR count). The number of amides is 1. The first-order valence-electron chi connectivity index (χ1n) is 7.73. The zero-order valence-corrected chi connectivity index (χ0v) is 13.9. The highest BCUT2D eigenvalue weighted by Gasteiger charge is 2.35. The van der Waals surface area contributed by atoms with Crippen molar-refractivity contribution in [3.05, 3.63) is 18.2 Å². The van der Waals surface area contributed by atoms with Crippen LogP contribution in [0.25, 0.3) is 10.2 Å². The summed E-state index contributed by atoms with van der Waals surface area (Å²) in [5.41, 5.74) is 0.124. The molecule has 0 aliphatic heterocycles. The van der Waals surface area contributed by atoms with Gasteiger partial charge in [0.2, 0.25) is 5.91 Å². The Labute approximate surface area is 141 Å². The number of thiazole rings is 1. The number of aromatic nitrogens is 1. The van der Waals surface area contributed by atoms with Gasteiger partial charge in [-0.25, -0.2) is 4.98 Å². The zero-order chi connectivity index (χ0) is 17.4. The molecule has 1 aliphatic rings. The molecular formula is C16H17F3N2O2S. The molecule has 1 heterocycles. The van der Waals surface area contributed by atoms with Crippen LogP contribution in [0.5, 0.6) is 5.75 Å². The van der Waals surface area contributed by atoms with Crippen molar-refractivity contribution in [3.63, 3.8) is 0 Å². The number of alkyl halides is 3. The fourth-order valence-electron chi connectivity index (χ4n) is 2.96. The molecule has 1 fully saturated rings. The highest BCUT2D eigenvalue weighted by molar-refractivity contribution is 7.22. The van der Waals surface area contributed by atoms with Crippen LogP contribution in [0.4, 0.5) is 18.3 Å². The predicted molar refractivity (Wildman–Crippen MR) is 86.1 cm³/mol. The minimum Gasteiger partial charge on any atom is -0.406 e. The van der Waals surface area contributed by atoms with Crippen LogP contribution in [0, 0.1) is 5.41 Å². The van der Waals surface area contributed by atoms with Crippen LogP contribution >= 0.6 is 11.3 Å². The first kappa shape index (κ1) is 17.0. The quantitative estimate of drug-likeness (QED) is 0.830. The Kier molecular flexibility index (Phi) is 4.42. The van der Waals surface area contributed by atoms with E-state index in [-0.39, 0.29) is 11.7 Å². The Morgan fingerprint density at radius 3 is 2.67 bits per heavy atom. The van der Waals surface area contributed by atoms with Crippen molar-refractivity contribution in [3.8, 4) is 5.75 Å². The van der Waals surface area contributed by atoms with Crippen LogP contribution in [0.3, 0.4) is 0 Å². The van der Waals surface area contributed by atoms with Crippen molar-refractivity contribution >= 4 is 32.6 Å². The van der Waals surface area contributed by atoms with Gasteiger partial charge in [0.05, 0.1) is 10.2 Å². The number of ether oxygens (including phenoxy) is 1. The number of carbonyl (C=O) groups is 1. The smallest absolute Gasteiger partial charge is 0.406 e. The Bertz CT molecular complexity index is 751. The molecule has 0 atom stereocenters. The topological polar surface area (TPSA) is 51.2 Å². The van der Waals surface area contributed by atoms with Crippen molar-refractivity contribution in [2.45, 2.75) is 45.4 Å². The van der Waals surface area contributed by atoms with E-state index < -0.39 is 11.8 Å². The second-order valence-corrected chi connectivity index (χ2v) is 7.30. The molecular weight excluding hydrogens is 341 g/mol. The number of hydrogen-bond acceptors (Lipinski definition) is 4. The molecule has 130 valence electrons. The lowest BCUT2D eigenvalue weighted by Gasteiger charge is -2.31. The molecule has 1 N–H and O–H groups in total. The molecule has 24 heavy (non-hydrogen) atoms. The number of fused-ring (bicyclic) bond motifs is 1. The third kappa shape index (κ3) is 3.80. The third-order valence-corrected chi connectivity index (χ3v) is 5.25. The molecule has 1 amide bonds. The monoisotopic (exact) mass is 358 g/mol. The average Bonchev–Trinajstić information content (AvgIpc) is 2.87. The summed E-state index contributed by atoms with van der Waals surface area (Å²) >= 11 is 1.14. The minimum absolute atomic E-state index is 0.0759. The molecule has 2 aromatic rings. The number of nitrogens with one attached hydrogen (secondary N) is 1. The highest BCUT2D eigenvalue weighted by Crippen LogP contribution is 2.38. The minimum atomic E-state index is -4.73. The maximum Gasteiger partial charge on any atom is 0.573 e. The van der Waals surface area contributed by atoms with E-state index in [1.165, 1.54) is 18.2 Å². The van der Waals surface area contributed by atoms with Crippen molar-refractivity contribution in [1.82, 2.24) is 4.98 Å². The Morgan fingerprint density at radius 1 is 1.29 bits per heavy atom. The lowest BCUT2D eigenvalue weighted by molar-refractivity contribution is -0.274. The largest absolute Gasteiger partial charge is 0.573 e. The molecule has 1 aromatic heterocycles. The number of hydrogen-bond donors (Lipinski definition) is 1. The molecule has 8 heteroatoms. The van der Waals surface area contributed by atoms with Crippen molar-refractivity contribution in [2.75, 3.05) is 5.32 Å². The second-order valence-electron chi connectivity index (χ2n) is 6.27. The van der Waals surface area contributed by atoms with E-state index in [9.17, 15) is 18.0 Å². The highest BCUT2D eigenvalue weighted by atomic mass is 32.1. The molecule has 1 saturated carbocycles. The summed E-state index contributed by atoms with van der Waals surface area (Å²) in [6.45, 7) is 1.95. The van der Waals surface area contributed by atoms with E-state index in [4.69, 9.17) is 0 Å². The maximum atomic E-state index is 12.5.